The maximum atomic E-state index is 12.5. The number of pyridine rings is 1. The predicted molar refractivity (Wildman–Crippen MR) is 105 cm³/mol. The first kappa shape index (κ1) is 16.3. The van der Waals surface area contributed by atoms with Gasteiger partial charge >= 0.3 is 0 Å². The van der Waals surface area contributed by atoms with Gasteiger partial charge in [0, 0.05) is 6.20 Å². The van der Waals surface area contributed by atoms with Crippen LogP contribution in [-0.2, 0) is 6.61 Å². The first-order valence-electron chi connectivity index (χ1n) is 8.19. The Morgan fingerprint density at radius 3 is 2.77 bits per heavy atom. The number of hydrogen-bond acceptors (Lipinski definition) is 4. The minimum absolute atomic E-state index is 0.193. The van der Waals surface area contributed by atoms with Gasteiger partial charge in [0.25, 0.3) is 5.91 Å². The van der Waals surface area contributed by atoms with Gasteiger partial charge in [0.2, 0.25) is 0 Å². The molecular formula is C21H16N2O2S. The Balaban J connectivity index is 1.47. The van der Waals surface area contributed by atoms with Crippen molar-refractivity contribution in [1.29, 1.82) is 0 Å². The van der Waals surface area contributed by atoms with Crippen molar-refractivity contribution in [1.82, 2.24) is 4.98 Å². The molecule has 0 spiro atoms. The van der Waals surface area contributed by atoms with Crippen LogP contribution < -0.4 is 10.1 Å². The molecule has 0 aliphatic carbocycles. The minimum atomic E-state index is -0.193. The van der Waals surface area contributed by atoms with Gasteiger partial charge in [0.05, 0.1) is 11.9 Å². The van der Waals surface area contributed by atoms with E-state index in [2.05, 4.69) is 34.6 Å². The van der Waals surface area contributed by atoms with E-state index in [1.807, 2.05) is 29.6 Å². The molecule has 0 bridgehead atoms. The van der Waals surface area contributed by atoms with Crippen molar-refractivity contribution in [2.24, 2.45) is 0 Å². The number of nitrogens with zero attached hydrogens (tertiary/aromatic N) is 1. The average molecular weight is 360 g/mol. The maximum absolute atomic E-state index is 12.5. The molecule has 128 valence electrons. The molecular weight excluding hydrogens is 344 g/mol. The van der Waals surface area contributed by atoms with Crippen LogP contribution in [0, 0.1) is 0 Å². The van der Waals surface area contributed by atoms with E-state index in [4.69, 9.17) is 4.74 Å². The van der Waals surface area contributed by atoms with Crippen molar-refractivity contribution in [3.05, 3.63) is 88.9 Å². The van der Waals surface area contributed by atoms with E-state index < -0.39 is 0 Å². The van der Waals surface area contributed by atoms with Crippen LogP contribution in [0.5, 0.6) is 5.75 Å². The second-order valence-corrected chi connectivity index (χ2v) is 6.70. The number of rotatable bonds is 5. The highest BCUT2D eigenvalue weighted by molar-refractivity contribution is 7.12. The van der Waals surface area contributed by atoms with Gasteiger partial charge in [-0.05, 0) is 46.0 Å². The summed E-state index contributed by atoms with van der Waals surface area (Å²) in [4.78, 5) is 17.0. The summed E-state index contributed by atoms with van der Waals surface area (Å²) in [6.07, 6.45) is 3.28. The van der Waals surface area contributed by atoms with Crippen molar-refractivity contribution in [2.75, 3.05) is 5.32 Å². The van der Waals surface area contributed by atoms with E-state index in [-0.39, 0.29) is 5.91 Å². The number of aromatic nitrogens is 1. The van der Waals surface area contributed by atoms with E-state index in [9.17, 15) is 4.79 Å². The molecule has 0 saturated heterocycles. The summed E-state index contributed by atoms with van der Waals surface area (Å²) in [5, 5.41) is 7.06. The van der Waals surface area contributed by atoms with Crippen LogP contribution >= 0.6 is 11.3 Å². The zero-order chi connectivity index (χ0) is 17.8. The van der Waals surface area contributed by atoms with Gasteiger partial charge in [0.15, 0.2) is 0 Å². The molecule has 0 radical (unpaired) electrons. The fourth-order valence-corrected chi connectivity index (χ4v) is 3.42. The van der Waals surface area contributed by atoms with Crippen molar-refractivity contribution >= 4 is 33.7 Å². The molecule has 1 N–H and O–H groups in total. The van der Waals surface area contributed by atoms with E-state index in [0.29, 0.717) is 22.9 Å². The molecule has 4 aromatic rings. The average Bonchev–Trinajstić information content (AvgIpc) is 3.16. The van der Waals surface area contributed by atoms with Gasteiger partial charge in [0.1, 0.15) is 17.2 Å². The van der Waals surface area contributed by atoms with Gasteiger partial charge in [-0.15, -0.1) is 11.3 Å². The van der Waals surface area contributed by atoms with Crippen LogP contribution in [-0.4, -0.2) is 10.9 Å². The lowest BCUT2D eigenvalue weighted by Crippen LogP contribution is -2.11. The van der Waals surface area contributed by atoms with E-state index in [0.717, 1.165) is 5.56 Å². The van der Waals surface area contributed by atoms with Crippen LogP contribution in [0.2, 0.25) is 0 Å². The number of ether oxygens (including phenoxy) is 1. The molecule has 0 atom stereocenters. The Kier molecular flexibility index (Phi) is 4.62. The summed E-state index contributed by atoms with van der Waals surface area (Å²) in [6, 6.07) is 19.8. The zero-order valence-corrected chi connectivity index (χ0v) is 14.7. The molecule has 2 heterocycles. The van der Waals surface area contributed by atoms with Crippen LogP contribution in [0.4, 0.5) is 5.69 Å². The molecule has 0 aliphatic rings. The standard InChI is InChI=1S/C21H16N2O2S/c24-21(23-18-6-3-10-22-13-18)20-19(9-11-26-20)25-14-15-7-8-16-4-1-2-5-17(16)12-15/h1-13H,14H2,(H,23,24). The van der Waals surface area contributed by atoms with E-state index in [1.165, 1.54) is 22.1 Å². The van der Waals surface area contributed by atoms with Crippen molar-refractivity contribution in [2.45, 2.75) is 6.61 Å². The number of carbonyl (C=O) groups is 1. The van der Waals surface area contributed by atoms with Gasteiger partial charge in [-0.2, -0.15) is 0 Å². The fraction of sp³-hybridized carbons (Fsp3) is 0.0476. The summed E-state index contributed by atoms with van der Waals surface area (Å²) < 4.78 is 5.90. The van der Waals surface area contributed by atoms with E-state index >= 15 is 0 Å². The summed E-state index contributed by atoms with van der Waals surface area (Å²) in [5.41, 5.74) is 1.72. The Hall–Kier alpha value is -3.18. The highest BCUT2D eigenvalue weighted by atomic mass is 32.1. The monoisotopic (exact) mass is 360 g/mol. The van der Waals surface area contributed by atoms with Crippen LogP contribution in [0.1, 0.15) is 15.2 Å². The molecule has 4 nitrogen and oxygen atoms in total. The first-order valence-corrected chi connectivity index (χ1v) is 9.07. The van der Waals surface area contributed by atoms with Gasteiger partial charge in [-0.25, -0.2) is 0 Å². The SMILES string of the molecule is O=C(Nc1cccnc1)c1sccc1OCc1ccc2ccccc2c1. The molecule has 0 saturated carbocycles. The highest BCUT2D eigenvalue weighted by Crippen LogP contribution is 2.27. The molecule has 2 aromatic carbocycles. The van der Waals surface area contributed by atoms with Gasteiger partial charge in [-0.3, -0.25) is 9.78 Å². The molecule has 0 unspecified atom stereocenters. The molecule has 26 heavy (non-hydrogen) atoms. The third kappa shape index (κ3) is 3.58. The number of anilines is 1. The number of carbonyl (C=O) groups excluding carboxylic acids is 1. The van der Waals surface area contributed by atoms with Crippen molar-refractivity contribution in [3.8, 4) is 5.75 Å². The lowest BCUT2D eigenvalue weighted by atomic mass is 10.1. The minimum Gasteiger partial charge on any atom is -0.487 e. The molecule has 1 amide bonds. The predicted octanol–water partition coefficient (Wildman–Crippen LogP) is 5.13. The number of amides is 1. The number of fused-ring (bicyclic) bond motifs is 1. The lowest BCUT2D eigenvalue weighted by molar-refractivity contribution is 0.102. The molecule has 5 heteroatoms. The Morgan fingerprint density at radius 2 is 1.92 bits per heavy atom. The Morgan fingerprint density at radius 1 is 1.04 bits per heavy atom. The van der Waals surface area contributed by atoms with Gasteiger partial charge < -0.3 is 10.1 Å². The summed E-state index contributed by atoms with van der Waals surface area (Å²) in [6.45, 7) is 0.411. The van der Waals surface area contributed by atoms with Crippen LogP contribution in [0.25, 0.3) is 10.8 Å². The second-order valence-electron chi connectivity index (χ2n) is 5.78. The Labute approximate surface area is 155 Å². The van der Waals surface area contributed by atoms with Crippen molar-refractivity contribution in [3.63, 3.8) is 0 Å². The summed E-state index contributed by atoms with van der Waals surface area (Å²) in [7, 11) is 0. The smallest absolute Gasteiger partial charge is 0.269 e. The Bertz CT molecular complexity index is 1040. The number of nitrogens with one attached hydrogen (secondary N) is 1. The molecule has 4 rings (SSSR count). The molecule has 0 fully saturated rings. The van der Waals surface area contributed by atoms with E-state index in [1.54, 1.807) is 24.5 Å². The maximum Gasteiger partial charge on any atom is 0.269 e. The summed E-state index contributed by atoms with van der Waals surface area (Å²) in [5.74, 6) is 0.395. The summed E-state index contributed by atoms with van der Waals surface area (Å²) >= 11 is 1.36. The molecule has 0 aliphatic heterocycles. The van der Waals surface area contributed by atoms with Crippen molar-refractivity contribution < 1.29 is 9.53 Å². The fourth-order valence-electron chi connectivity index (χ4n) is 2.69. The quantitative estimate of drug-likeness (QED) is 0.537. The third-order valence-corrected chi connectivity index (χ3v) is 4.86. The van der Waals surface area contributed by atoms with Gasteiger partial charge in [-0.1, -0.05) is 36.4 Å². The highest BCUT2D eigenvalue weighted by Gasteiger charge is 2.15. The second kappa shape index (κ2) is 7.37. The van der Waals surface area contributed by atoms with Crippen LogP contribution in [0.3, 0.4) is 0 Å². The largest absolute Gasteiger partial charge is 0.487 e. The topological polar surface area (TPSA) is 51.2 Å². The normalized spacial score (nSPS) is 10.6. The number of thiophene rings is 1. The van der Waals surface area contributed by atoms with Crippen LogP contribution in [0.15, 0.2) is 78.4 Å². The third-order valence-electron chi connectivity index (χ3n) is 3.96. The zero-order valence-electron chi connectivity index (χ0n) is 13.9. The number of hydrogen-bond donors (Lipinski definition) is 1. The lowest BCUT2D eigenvalue weighted by Gasteiger charge is -2.09. The first-order chi connectivity index (χ1) is 12.8. The molecule has 2 aromatic heterocycles. The number of benzene rings is 2.